The van der Waals surface area contributed by atoms with Gasteiger partial charge in [0.1, 0.15) is 12.7 Å². The molecule has 0 saturated heterocycles. The van der Waals surface area contributed by atoms with Gasteiger partial charge in [-0.05, 0) is 49.7 Å². The summed E-state index contributed by atoms with van der Waals surface area (Å²) >= 11 is 1.41. The maximum atomic E-state index is 12.5. The third-order valence-corrected chi connectivity index (χ3v) is 9.97. The van der Waals surface area contributed by atoms with Gasteiger partial charge < -0.3 is 14.6 Å². The minimum Gasteiger partial charge on any atom is -0.481 e. The number of rotatable bonds is 32. The number of hydrogen-bond donors (Lipinski definition) is 1. The van der Waals surface area contributed by atoms with Gasteiger partial charge in [0.2, 0.25) is 0 Å². The van der Waals surface area contributed by atoms with Crippen molar-refractivity contribution in [3.8, 4) is 0 Å². The third-order valence-electron chi connectivity index (χ3n) is 8.87. The minimum atomic E-state index is -0.852. The molecule has 2 aromatic rings. The number of carboxylic acid groups (broad SMARTS) is 1. The van der Waals surface area contributed by atoms with E-state index in [4.69, 9.17) is 14.6 Å². The third kappa shape index (κ3) is 25.8. The van der Waals surface area contributed by atoms with E-state index in [9.17, 15) is 14.4 Å². The van der Waals surface area contributed by atoms with Gasteiger partial charge >= 0.3 is 17.9 Å². The second-order valence-electron chi connectivity index (χ2n) is 13.3. The summed E-state index contributed by atoms with van der Waals surface area (Å²) in [6, 6.07) is 21.4. The zero-order chi connectivity index (χ0) is 35.0. The summed E-state index contributed by atoms with van der Waals surface area (Å²) in [7, 11) is 0. The van der Waals surface area contributed by atoms with Gasteiger partial charge in [0.15, 0.2) is 0 Å². The number of esters is 2. The van der Waals surface area contributed by atoms with Gasteiger partial charge in [-0.15, -0.1) is 0 Å². The molecule has 0 aliphatic carbocycles. The molecule has 0 saturated carbocycles. The molecule has 0 aliphatic heterocycles. The van der Waals surface area contributed by atoms with Crippen LogP contribution in [0.3, 0.4) is 0 Å². The number of aryl methyl sites for hydroxylation is 2. The Morgan fingerprint density at radius 3 is 1.39 bits per heavy atom. The highest BCUT2D eigenvalue weighted by atomic mass is 32.2. The van der Waals surface area contributed by atoms with Crippen LogP contribution in [0.2, 0.25) is 0 Å². The van der Waals surface area contributed by atoms with Crippen LogP contribution in [0.4, 0.5) is 0 Å². The molecule has 274 valence electrons. The zero-order valence-electron chi connectivity index (χ0n) is 30.1. The van der Waals surface area contributed by atoms with Crippen LogP contribution in [0, 0.1) is 0 Å². The topological polar surface area (TPSA) is 89.9 Å². The number of aliphatic carboxylic acids is 1. The first kappa shape index (κ1) is 42.4. The predicted molar refractivity (Wildman–Crippen MR) is 203 cm³/mol. The van der Waals surface area contributed by atoms with Gasteiger partial charge in [0.25, 0.3) is 0 Å². The number of carbonyl (C=O) groups is 3. The van der Waals surface area contributed by atoms with Crippen molar-refractivity contribution in [3.05, 3.63) is 71.8 Å². The van der Waals surface area contributed by atoms with Crippen LogP contribution in [0.1, 0.15) is 146 Å². The van der Waals surface area contributed by atoms with Crippen molar-refractivity contribution >= 4 is 29.7 Å². The highest BCUT2D eigenvalue weighted by Gasteiger charge is 2.17. The van der Waals surface area contributed by atoms with Gasteiger partial charge in [-0.3, -0.25) is 14.4 Å². The van der Waals surface area contributed by atoms with E-state index in [1.54, 1.807) is 0 Å². The van der Waals surface area contributed by atoms with Gasteiger partial charge in [-0.25, -0.2) is 0 Å². The van der Waals surface area contributed by atoms with Crippen LogP contribution in [-0.2, 0) is 36.7 Å². The molecule has 2 aromatic carbocycles. The Bertz CT molecular complexity index is 1090. The van der Waals surface area contributed by atoms with Crippen LogP contribution >= 0.6 is 11.8 Å². The average Bonchev–Trinajstić information content (AvgIpc) is 3.11. The Hall–Kier alpha value is -2.80. The number of hydrogen-bond acceptors (Lipinski definition) is 6. The smallest absolute Gasteiger partial charge is 0.306 e. The van der Waals surface area contributed by atoms with Crippen LogP contribution in [-0.4, -0.2) is 47.2 Å². The molecule has 7 heteroatoms. The van der Waals surface area contributed by atoms with E-state index in [-0.39, 0.29) is 25.0 Å². The summed E-state index contributed by atoms with van der Waals surface area (Å²) in [5.41, 5.74) is 2.85. The predicted octanol–water partition coefficient (Wildman–Crippen LogP) is 10.9. The van der Waals surface area contributed by atoms with Gasteiger partial charge in [-0.1, -0.05) is 151 Å². The molecule has 0 aliphatic rings. The normalized spacial score (nSPS) is 11.7. The molecule has 0 aromatic heterocycles. The fourth-order valence-corrected chi connectivity index (χ4v) is 6.87. The van der Waals surface area contributed by atoms with Crippen molar-refractivity contribution in [2.45, 2.75) is 154 Å². The minimum absolute atomic E-state index is 0.0280. The summed E-state index contributed by atoms with van der Waals surface area (Å²) in [5.74, 6) is -0.530. The van der Waals surface area contributed by atoms with Crippen LogP contribution in [0.25, 0.3) is 0 Å². The first-order valence-corrected chi connectivity index (χ1v) is 20.4. The molecule has 0 spiro atoms. The second-order valence-corrected chi connectivity index (χ2v) is 14.5. The largest absolute Gasteiger partial charge is 0.481 e. The number of benzene rings is 2. The molecular weight excluding hydrogens is 633 g/mol. The maximum absolute atomic E-state index is 12.5. The number of ether oxygens (including phenoxy) is 2. The van der Waals surface area contributed by atoms with Crippen molar-refractivity contribution in [2.24, 2.45) is 0 Å². The molecule has 1 N–H and O–H groups in total. The quantitative estimate of drug-likeness (QED) is 0.0601. The van der Waals surface area contributed by atoms with E-state index in [1.807, 2.05) is 0 Å². The summed E-state index contributed by atoms with van der Waals surface area (Å²) in [4.78, 5) is 35.8. The lowest BCUT2D eigenvalue weighted by Gasteiger charge is -2.18. The van der Waals surface area contributed by atoms with Crippen molar-refractivity contribution in [2.75, 3.05) is 18.1 Å². The van der Waals surface area contributed by atoms with Crippen molar-refractivity contribution in [1.29, 1.82) is 0 Å². The number of carbonyl (C=O) groups excluding carboxylic acids is 2. The molecule has 0 bridgehead atoms. The van der Waals surface area contributed by atoms with E-state index in [2.05, 4.69) is 60.7 Å². The zero-order valence-corrected chi connectivity index (χ0v) is 30.9. The number of unbranched alkanes of at least 4 members (excludes halogenated alkanes) is 16. The van der Waals surface area contributed by atoms with Gasteiger partial charge in [-0.2, -0.15) is 11.8 Å². The first-order chi connectivity index (χ1) is 24.0. The van der Waals surface area contributed by atoms with Crippen LogP contribution in [0.15, 0.2) is 60.7 Å². The SMILES string of the molecule is O=C(O)CCSCC(COC(=O)CCCCCCCCCCCc1ccccc1)OC(=O)CCCCCCCCCCCc1ccccc1. The molecule has 2 rings (SSSR count). The van der Waals surface area contributed by atoms with E-state index in [0.717, 1.165) is 38.5 Å². The lowest BCUT2D eigenvalue weighted by Crippen LogP contribution is -2.27. The lowest BCUT2D eigenvalue weighted by atomic mass is 10.0. The molecule has 0 fully saturated rings. The van der Waals surface area contributed by atoms with E-state index >= 15 is 0 Å². The van der Waals surface area contributed by atoms with E-state index < -0.39 is 12.1 Å². The maximum Gasteiger partial charge on any atom is 0.306 e. The summed E-state index contributed by atoms with van der Waals surface area (Å²) in [5, 5.41) is 8.92. The molecule has 0 heterocycles. The first-order valence-electron chi connectivity index (χ1n) is 19.3. The Labute approximate surface area is 301 Å². The monoisotopic (exact) mass is 696 g/mol. The highest BCUT2D eigenvalue weighted by molar-refractivity contribution is 7.99. The summed E-state index contributed by atoms with van der Waals surface area (Å²) in [6.07, 6.45) is 23.5. The molecule has 49 heavy (non-hydrogen) atoms. The fourth-order valence-electron chi connectivity index (χ4n) is 5.95. The van der Waals surface area contributed by atoms with Crippen LogP contribution in [0.5, 0.6) is 0 Å². The van der Waals surface area contributed by atoms with E-state index in [0.29, 0.717) is 24.3 Å². The summed E-state index contributed by atoms with van der Waals surface area (Å²) < 4.78 is 11.1. The van der Waals surface area contributed by atoms with Crippen molar-refractivity contribution in [1.82, 2.24) is 0 Å². The Kier molecular flexibility index (Phi) is 26.0. The molecule has 1 atom stereocenters. The lowest BCUT2D eigenvalue weighted by molar-refractivity contribution is -0.157. The molecule has 0 amide bonds. The van der Waals surface area contributed by atoms with Crippen molar-refractivity contribution < 1.29 is 29.0 Å². The number of thioether (sulfide) groups is 1. The second kappa shape index (κ2) is 30.1. The number of carboxylic acids is 1. The van der Waals surface area contributed by atoms with Gasteiger partial charge in [0, 0.05) is 24.3 Å². The molecule has 6 nitrogen and oxygen atoms in total. The Morgan fingerprint density at radius 2 is 0.939 bits per heavy atom. The molecule has 0 radical (unpaired) electrons. The molecular formula is C42H64O6S. The summed E-state index contributed by atoms with van der Waals surface area (Å²) in [6.45, 7) is 0.0280. The van der Waals surface area contributed by atoms with Crippen molar-refractivity contribution in [3.63, 3.8) is 0 Å². The van der Waals surface area contributed by atoms with E-state index in [1.165, 1.54) is 113 Å². The van der Waals surface area contributed by atoms with Crippen LogP contribution < -0.4 is 0 Å². The Morgan fingerprint density at radius 1 is 0.531 bits per heavy atom. The fraction of sp³-hybridized carbons (Fsp3) is 0.643. The standard InChI is InChI=1S/C42H64O6S/c43-40(44)33-34-49-36-39(48-42(46)32-24-14-10-6-2-4-8-12-18-26-38-29-21-16-22-30-38)35-47-41(45)31-23-13-9-5-1-3-7-11-17-25-37-27-19-15-20-28-37/h15-16,19-22,27-30,39H,1-14,17-18,23-26,31-36H2,(H,43,44). The Balaban J connectivity index is 1.46. The molecule has 1 unspecified atom stereocenters. The van der Waals surface area contributed by atoms with Gasteiger partial charge in [0.05, 0.1) is 6.42 Å². The average molecular weight is 697 g/mol. The highest BCUT2D eigenvalue weighted by Crippen LogP contribution is 2.16.